The molecule has 0 radical (unpaired) electrons. The number of nitrogens with two attached hydrogens (primary N) is 1. The van der Waals surface area contributed by atoms with Crippen LogP contribution in [0.2, 0.25) is 5.02 Å². The number of aryl methyl sites for hydroxylation is 1. The Hall–Kier alpha value is -3.10. The summed E-state index contributed by atoms with van der Waals surface area (Å²) in [5.74, 6) is -0.625. The van der Waals surface area contributed by atoms with Crippen LogP contribution in [-0.2, 0) is 6.42 Å². The number of anilines is 1. The number of rotatable bonds is 5. The molecule has 182 valence electrons. The molecular formula is C26H28ClFN6O. The van der Waals surface area contributed by atoms with Crippen molar-refractivity contribution in [2.45, 2.75) is 38.6 Å². The highest BCUT2D eigenvalue weighted by atomic mass is 35.5. The Morgan fingerprint density at radius 2 is 1.89 bits per heavy atom. The van der Waals surface area contributed by atoms with Gasteiger partial charge in [-0.2, -0.15) is 0 Å². The quantitative estimate of drug-likeness (QED) is 0.563. The van der Waals surface area contributed by atoms with Crippen LogP contribution in [0.25, 0.3) is 22.4 Å². The van der Waals surface area contributed by atoms with Crippen LogP contribution in [0, 0.1) is 5.82 Å². The molecule has 1 saturated carbocycles. The lowest BCUT2D eigenvalue weighted by molar-refractivity contribution is 0.0452. The third-order valence-corrected chi connectivity index (χ3v) is 7.36. The van der Waals surface area contributed by atoms with Gasteiger partial charge < -0.3 is 10.6 Å². The number of aromatic nitrogens is 3. The minimum Gasteiger partial charge on any atom is -0.384 e. The van der Waals surface area contributed by atoms with E-state index in [4.69, 9.17) is 17.3 Å². The second-order valence-corrected chi connectivity index (χ2v) is 9.50. The summed E-state index contributed by atoms with van der Waals surface area (Å²) in [5, 5.41) is 0.0736. The number of carbonyl (C=O) groups excluding carboxylic acids is 1. The van der Waals surface area contributed by atoms with Gasteiger partial charge in [-0.05, 0) is 43.5 Å². The molecule has 7 nitrogen and oxygen atoms in total. The lowest BCUT2D eigenvalue weighted by atomic mass is 9.91. The number of piperazine rings is 1. The van der Waals surface area contributed by atoms with Crippen LogP contribution in [0.3, 0.4) is 0 Å². The maximum absolute atomic E-state index is 15.4. The molecule has 0 spiro atoms. The Morgan fingerprint density at radius 1 is 1.11 bits per heavy atom. The number of halogens is 2. The third kappa shape index (κ3) is 4.60. The van der Waals surface area contributed by atoms with Crippen molar-refractivity contribution in [2.75, 3.05) is 31.9 Å². The molecule has 1 amide bonds. The first kappa shape index (κ1) is 23.6. The molecular weight excluding hydrogens is 467 g/mol. The van der Waals surface area contributed by atoms with Gasteiger partial charge in [-0.3, -0.25) is 9.69 Å². The van der Waals surface area contributed by atoms with Crippen LogP contribution >= 0.6 is 11.6 Å². The van der Waals surface area contributed by atoms with Crippen LogP contribution in [0.4, 0.5) is 10.2 Å². The summed E-state index contributed by atoms with van der Waals surface area (Å²) in [5.41, 5.74) is 8.97. The summed E-state index contributed by atoms with van der Waals surface area (Å²) in [7, 11) is 0. The van der Waals surface area contributed by atoms with Crippen molar-refractivity contribution >= 4 is 23.3 Å². The van der Waals surface area contributed by atoms with Crippen molar-refractivity contribution in [2.24, 2.45) is 0 Å². The fraction of sp³-hybridized carbons (Fsp3) is 0.385. The molecule has 0 unspecified atom stereocenters. The zero-order chi connectivity index (χ0) is 24.5. The molecule has 2 N–H and O–H groups in total. The van der Waals surface area contributed by atoms with Gasteiger partial charge in [0, 0.05) is 55.1 Å². The van der Waals surface area contributed by atoms with E-state index >= 15 is 4.39 Å². The van der Waals surface area contributed by atoms with Gasteiger partial charge in [-0.25, -0.2) is 19.3 Å². The van der Waals surface area contributed by atoms with Crippen molar-refractivity contribution in [1.82, 2.24) is 24.8 Å². The van der Waals surface area contributed by atoms with Crippen molar-refractivity contribution < 1.29 is 9.18 Å². The first-order chi connectivity index (χ1) is 17.0. The monoisotopic (exact) mass is 494 g/mol. The number of nitrogen functional groups attached to an aromatic ring is 1. The Labute approximate surface area is 209 Å². The first-order valence-corrected chi connectivity index (χ1v) is 12.4. The van der Waals surface area contributed by atoms with Gasteiger partial charge in [-0.15, -0.1) is 0 Å². The zero-order valence-corrected chi connectivity index (χ0v) is 20.4. The van der Waals surface area contributed by atoms with E-state index in [1.807, 2.05) is 13.0 Å². The van der Waals surface area contributed by atoms with Gasteiger partial charge in [0.15, 0.2) is 0 Å². The molecule has 0 bridgehead atoms. The van der Waals surface area contributed by atoms with Gasteiger partial charge in [0.1, 0.15) is 18.0 Å². The van der Waals surface area contributed by atoms with E-state index in [2.05, 4.69) is 19.9 Å². The molecule has 35 heavy (non-hydrogen) atoms. The minimum atomic E-state index is -0.656. The lowest BCUT2D eigenvalue weighted by Crippen LogP contribution is -2.53. The maximum atomic E-state index is 15.4. The molecule has 2 aliphatic rings. The predicted molar refractivity (Wildman–Crippen MR) is 135 cm³/mol. The fourth-order valence-electron chi connectivity index (χ4n) is 4.88. The van der Waals surface area contributed by atoms with E-state index in [1.54, 1.807) is 23.2 Å². The molecule has 2 aromatic heterocycles. The van der Waals surface area contributed by atoms with Crippen LogP contribution in [0.15, 0.2) is 36.8 Å². The molecule has 3 aromatic rings. The topological polar surface area (TPSA) is 88.2 Å². The summed E-state index contributed by atoms with van der Waals surface area (Å²) < 4.78 is 15.4. The first-order valence-electron chi connectivity index (χ1n) is 12.0. The number of carbonyl (C=O) groups is 1. The van der Waals surface area contributed by atoms with Crippen molar-refractivity contribution in [3.63, 3.8) is 0 Å². The Kier molecular flexibility index (Phi) is 6.67. The van der Waals surface area contributed by atoms with Crippen molar-refractivity contribution in [3.05, 3.63) is 58.9 Å². The summed E-state index contributed by atoms with van der Waals surface area (Å²) in [6.07, 6.45) is 7.49. The highest BCUT2D eigenvalue weighted by Gasteiger charge is 2.31. The summed E-state index contributed by atoms with van der Waals surface area (Å²) in [4.78, 5) is 30.4. The highest BCUT2D eigenvalue weighted by molar-refractivity contribution is 6.34. The summed E-state index contributed by atoms with van der Waals surface area (Å²) in [6.45, 7) is 4.76. The van der Waals surface area contributed by atoms with E-state index in [0.29, 0.717) is 42.6 Å². The predicted octanol–water partition coefficient (Wildman–Crippen LogP) is 4.45. The zero-order valence-electron chi connectivity index (χ0n) is 19.7. The standard InChI is InChI=1S/C26H28ClFN6O/c1-2-21-23(16-6-7-22(29)30-14-16)25(32-15-31-21)17-12-19(27)24(20(28)13-17)26(35)34-10-8-33(9-11-34)18-4-3-5-18/h6-7,12-15,18H,2-5,8-11H2,1H3,(H2,29,30). The van der Waals surface area contributed by atoms with Crippen molar-refractivity contribution in [3.8, 4) is 22.4 Å². The molecule has 3 heterocycles. The normalized spacial score (nSPS) is 16.8. The molecule has 1 aromatic carbocycles. The number of hydrogen-bond donors (Lipinski definition) is 1. The summed E-state index contributed by atoms with van der Waals surface area (Å²) >= 11 is 6.53. The van der Waals surface area contributed by atoms with Gasteiger partial charge >= 0.3 is 0 Å². The molecule has 2 fully saturated rings. The van der Waals surface area contributed by atoms with Crippen LogP contribution < -0.4 is 5.73 Å². The smallest absolute Gasteiger partial charge is 0.258 e. The van der Waals surface area contributed by atoms with E-state index < -0.39 is 5.82 Å². The van der Waals surface area contributed by atoms with Gasteiger partial charge in [-0.1, -0.05) is 24.9 Å². The average Bonchev–Trinajstić information content (AvgIpc) is 2.83. The van der Waals surface area contributed by atoms with Gasteiger partial charge in [0.25, 0.3) is 5.91 Å². The fourth-order valence-corrected chi connectivity index (χ4v) is 5.17. The molecule has 5 rings (SSSR count). The third-order valence-electron chi connectivity index (χ3n) is 7.06. The maximum Gasteiger partial charge on any atom is 0.258 e. The summed E-state index contributed by atoms with van der Waals surface area (Å²) in [6, 6.07) is 7.12. The Balaban J connectivity index is 1.45. The average molecular weight is 495 g/mol. The molecule has 0 atom stereocenters. The van der Waals surface area contributed by atoms with E-state index in [-0.39, 0.29) is 16.5 Å². The van der Waals surface area contributed by atoms with Crippen LogP contribution in [-0.4, -0.2) is 62.9 Å². The van der Waals surface area contributed by atoms with Crippen LogP contribution in [0.1, 0.15) is 42.2 Å². The highest BCUT2D eigenvalue weighted by Crippen LogP contribution is 2.36. The SMILES string of the molecule is CCc1ncnc(-c2cc(F)c(C(=O)N3CCN(C4CCC4)CC3)c(Cl)c2)c1-c1ccc(N)nc1. The van der Waals surface area contributed by atoms with E-state index in [0.717, 1.165) is 29.9 Å². The molecule has 1 aliphatic carbocycles. The Morgan fingerprint density at radius 3 is 2.49 bits per heavy atom. The molecule has 1 aliphatic heterocycles. The lowest BCUT2D eigenvalue weighted by Gasteiger charge is -2.43. The Bertz CT molecular complexity index is 1220. The number of hydrogen-bond acceptors (Lipinski definition) is 6. The number of amides is 1. The largest absolute Gasteiger partial charge is 0.384 e. The second-order valence-electron chi connectivity index (χ2n) is 9.10. The number of nitrogens with zero attached hydrogens (tertiary/aromatic N) is 5. The van der Waals surface area contributed by atoms with Crippen LogP contribution in [0.5, 0.6) is 0 Å². The molecule has 9 heteroatoms. The second kappa shape index (κ2) is 9.87. The van der Waals surface area contributed by atoms with Gasteiger partial charge in [0.05, 0.1) is 22.0 Å². The molecule has 1 saturated heterocycles. The number of pyridine rings is 1. The van der Waals surface area contributed by atoms with E-state index in [1.165, 1.54) is 31.7 Å². The minimum absolute atomic E-state index is 0.0736. The van der Waals surface area contributed by atoms with Gasteiger partial charge in [0.2, 0.25) is 0 Å². The number of benzene rings is 1. The van der Waals surface area contributed by atoms with E-state index in [9.17, 15) is 4.79 Å². The van der Waals surface area contributed by atoms with Crippen molar-refractivity contribution in [1.29, 1.82) is 0 Å².